The monoisotopic (exact) mass is 314 g/mol. The van der Waals surface area contributed by atoms with Gasteiger partial charge in [0.1, 0.15) is 0 Å². The average molecular weight is 315 g/mol. The number of halogens is 1. The minimum Gasteiger partial charge on any atom is -0.864 e. The van der Waals surface area contributed by atoms with Crippen molar-refractivity contribution in [3.63, 3.8) is 0 Å². The fraction of sp³-hybridized carbons (Fsp3) is 0. The van der Waals surface area contributed by atoms with E-state index in [0.29, 0.717) is 5.56 Å². The van der Waals surface area contributed by atoms with Crippen molar-refractivity contribution in [3.05, 3.63) is 58.6 Å². The zero-order valence-electron chi connectivity index (χ0n) is 9.31. The summed E-state index contributed by atoms with van der Waals surface area (Å²) in [5.41, 5.74) is 2.42. The number of thiocarbonyl (C=S) groups is 1. The molecule has 0 saturated heterocycles. The van der Waals surface area contributed by atoms with Gasteiger partial charge < -0.3 is 5.11 Å². The van der Waals surface area contributed by atoms with Gasteiger partial charge in [-0.2, -0.15) is 0 Å². The molecule has 0 spiro atoms. The fourth-order valence-corrected chi connectivity index (χ4v) is 2.36. The van der Waals surface area contributed by atoms with E-state index in [1.54, 1.807) is 6.07 Å². The van der Waals surface area contributed by atoms with Gasteiger partial charge in [0.2, 0.25) is 0 Å². The van der Waals surface area contributed by atoms with Crippen LogP contribution in [0.4, 0.5) is 0 Å². The molecule has 0 N–H and O–H groups in total. The topological polar surface area (TPSA) is 23.1 Å². The summed E-state index contributed by atoms with van der Waals surface area (Å²) < 4.78 is 0.884. The molecule has 0 radical (unpaired) electrons. The van der Waals surface area contributed by atoms with Gasteiger partial charge in [-0.15, -0.1) is 0 Å². The number of benzene rings is 2. The third-order valence-electron chi connectivity index (χ3n) is 2.30. The molecule has 0 aliphatic carbocycles. The molecule has 0 aromatic heterocycles. The van der Waals surface area contributed by atoms with Gasteiger partial charge in [0.05, 0.1) is 0 Å². The number of hydrogen-bond acceptors (Lipinski definition) is 2. The van der Waals surface area contributed by atoms with Crippen molar-refractivity contribution in [2.45, 2.75) is 0 Å². The van der Waals surface area contributed by atoms with E-state index in [1.807, 2.05) is 42.5 Å². The summed E-state index contributed by atoms with van der Waals surface area (Å²) in [7, 11) is 0. The third-order valence-corrected chi connectivity index (χ3v) is 3.18. The smallest absolute Gasteiger partial charge is 0.864 e. The summed E-state index contributed by atoms with van der Waals surface area (Å²) in [6, 6.07) is 15.2. The van der Waals surface area contributed by atoms with E-state index in [2.05, 4.69) is 15.9 Å². The molecule has 0 bridgehead atoms. The maximum Gasteiger partial charge on any atom is 1.00 e. The average Bonchev–Trinajstić information content (AvgIpc) is 2.29. The summed E-state index contributed by atoms with van der Waals surface area (Å²) in [6.07, 6.45) is 0. The second-order valence-electron chi connectivity index (χ2n) is 3.32. The second-order valence-corrected chi connectivity index (χ2v) is 4.54. The third kappa shape index (κ3) is 3.39. The Morgan fingerprint density at radius 1 is 1.00 bits per heavy atom. The minimum atomic E-state index is -0.333. The molecular formula is C13H8BrNaOS. The molecule has 0 fully saturated rings. The van der Waals surface area contributed by atoms with Crippen LogP contribution in [0.25, 0.3) is 11.1 Å². The first kappa shape index (κ1) is 14.9. The van der Waals surface area contributed by atoms with Crippen molar-refractivity contribution >= 4 is 33.2 Å². The zero-order chi connectivity index (χ0) is 11.5. The molecule has 0 amide bonds. The van der Waals surface area contributed by atoms with Gasteiger partial charge in [0, 0.05) is 10.0 Å². The van der Waals surface area contributed by atoms with Crippen LogP contribution >= 0.6 is 28.1 Å². The molecule has 0 aliphatic rings. The van der Waals surface area contributed by atoms with Crippen LogP contribution in [0.2, 0.25) is 0 Å². The Bertz CT molecular complexity index is 528. The van der Waals surface area contributed by atoms with Crippen molar-refractivity contribution in [1.82, 2.24) is 0 Å². The summed E-state index contributed by atoms with van der Waals surface area (Å²) in [6.45, 7) is 0. The first-order valence-corrected chi connectivity index (χ1v) is 5.95. The maximum absolute atomic E-state index is 11.4. The summed E-state index contributed by atoms with van der Waals surface area (Å²) in [5, 5.41) is 11.1. The standard InChI is InChI=1S/C13H9BrOS.Na/c14-11-8-4-7-10(13(15)16)12(11)9-5-2-1-3-6-9;/h1-8H,(H,15,16);/q;+1/p-1. The van der Waals surface area contributed by atoms with Gasteiger partial charge >= 0.3 is 29.6 Å². The van der Waals surface area contributed by atoms with Crippen LogP contribution < -0.4 is 34.7 Å². The quantitative estimate of drug-likeness (QED) is 0.582. The SMILES string of the molecule is [Na+].[O-]C(=S)c1cccc(Br)c1-c1ccccc1. The molecule has 2 aromatic carbocycles. The summed E-state index contributed by atoms with van der Waals surface area (Å²) in [4.78, 5) is 0. The van der Waals surface area contributed by atoms with Crippen LogP contribution in [-0.2, 0) is 0 Å². The number of rotatable bonds is 2. The van der Waals surface area contributed by atoms with E-state index in [1.165, 1.54) is 0 Å². The molecule has 80 valence electrons. The normalized spacial score (nSPS) is 9.47. The van der Waals surface area contributed by atoms with Crippen molar-refractivity contribution in [3.8, 4) is 11.1 Å². The van der Waals surface area contributed by atoms with Crippen molar-refractivity contribution in [1.29, 1.82) is 0 Å². The van der Waals surface area contributed by atoms with Crippen LogP contribution in [0.3, 0.4) is 0 Å². The Morgan fingerprint density at radius 2 is 1.65 bits per heavy atom. The van der Waals surface area contributed by atoms with Gasteiger partial charge in [0.25, 0.3) is 0 Å². The first-order chi connectivity index (χ1) is 7.70. The molecule has 0 heterocycles. The molecule has 0 atom stereocenters. The first-order valence-electron chi connectivity index (χ1n) is 4.75. The maximum atomic E-state index is 11.4. The summed E-state index contributed by atoms with van der Waals surface area (Å²) in [5.74, 6) is 0. The molecule has 17 heavy (non-hydrogen) atoms. The van der Waals surface area contributed by atoms with Crippen molar-refractivity contribution in [2.24, 2.45) is 0 Å². The molecule has 2 rings (SSSR count). The van der Waals surface area contributed by atoms with Crippen LogP contribution in [0.15, 0.2) is 53.0 Å². The van der Waals surface area contributed by atoms with Crippen LogP contribution in [0.5, 0.6) is 0 Å². The van der Waals surface area contributed by atoms with Crippen LogP contribution in [-0.4, -0.2) is 5.05 Å². The number of hydrogen-bond donors (Lipinski definition) is 0. The molecule has 2 aromatic rings. The molecule has 1 nitrogen and oxygen atoms in total. The largest absolute Gasteiger partial charge is 1.00 e. The van der Waals surface area contributed by atoms with E-state index >= 15 is 0 Å². The predicted octanol–water partition coefficient (Wildman–Crippen LogP) is 0.156. The Hall–Kier alpha value is -0.190. The molecule has 0 aliphatic heterocycles. The molecular weight excluding hydrogens is 307 g/mol. The second kappa shape index (κ2) is 6.66. The van der Waals surface area contributed by atoms with Crippen LogP contribution in [0, 0.1) is 0 Å². The minimum absolute atomic E-state index is 0. The van der Waals surface area contributed by atoms with Gasteiger partial charge in [-0.1, -0.05) is 70.6 Å². The van der Waals surface area contributed by atoms with E-state index in [0.717, 1.165) is 15.6 Å². The molecule has 4 heteroatoms. The Balaban J connectivity index is 0.00000144. The van der Waals surface area contributed by atoms with Crippen LogP contribution in [0.1, 0.15) is 5.56 Å². The molecule has 0 saturated carbocycles. The fourth-order valence-electron chi connectivity index (χ4n) is 1.59. The van der Waals surface area contributed by atoms with Gasteiger partial charge in [-0.25, -0.2) is 0 Å². The molecule has 0 unspecified atom stereocenters. The van der Waals surface area contributed by atoms with E-state index in [9.17, 15) is 5.11 Å². The predicted molar refractivity (Wildman–Crippen MR) is 71.3 cm³/mol. The Morgan fingerprint density at radius 3 is 2.24 bits per heavy atom. The Labute approximate surface area is 136 Å². The van der Waals surface area contributed by atoms with Gasteiger partial charge in [0.15, 0.2) is 0 Å². The van der Waals surface area contributed by atoms with E-state index < -0.39 is 0 Å². The Kier molecular flexibility index (Phi) is 5.83. The van der Waals surface area contributed by atoms with Gasteiger partial charge in [-0.05, 0) is 22.2 Å². The van der Waals surface area contributed by atoms with Gasteiger partial charge in [-0.3, -0.25) is 0 Å². The van der Waals surface area contributed by atoms with Crippen molar-refractivity contribution in [2.75, 3.05) is 0 Å². The van der Waals surface area contributed by atoms with E-state index in [4.69, 9.17) is 12.2 Å². The van der Waals surface area contributed by atoms with Crippen molar-refractivity contribution < 1.29 is 34.7 Å². The van der Waals surface area contributed by atoms with E-state index in [-0.39, 0.29) is 34.6 Å². The summed E-state index contributed by atoms with van der Waals surface area (Å²) >= 11 is 8.19. The zero-order valence-corrected chi connectivity index (χ0v) is 13.7.